The van der Waals surface area contributed by atoms with E-state index < -0.39 is 40.1 Å². The van der Waals surface area contributed by atoms with E-state index in [2.05, 4.69) is 0 Å². The average Bonchev–Trinajstić information content (AvgIpc) is 2.93. The molecular weight excluding hydrogens is 545 g/mol. The molecule has 5 nitrogen and oxygen atoms in total. The summed E-state index contributed by atoms with van der Waals surface area (Å²) in [5.41, 5.74) is -3.92. The van der Waals surface area contributed by atoms with Gasteiger partial charge in [0.1, 0.15) is 11.6 Å². The molecule has 1 aliphatic carbocycles. The van der Waals surface area contributed by atoms with Crippen molar-refractivity contribution in [2.45, 2.75) is 69.6 Å². The lowest BCUT2D eigenvalue weighted by molar-refractivity contribution is -0.228. The highest BCUT2D eigenvalue weighted by Gasteiger charge is 2.55. The predicted molar refractivity (Wildman–Crippen MR) is 141 cm³/mol. The molecule has 0 radical (unpaired) electrons. The highest BCUT2D eigenvalue weighted by atomic mass is 19.4. The third-order valence-electron chi connectivity index (χ3n) is 9.76. The van der Waals surface area contributed by atoms with Crippen molar-refractivity contribution in [1.29, 1.82) is 0 Å². The number of piperidine rings is 1. The van der Waals surface area contributed by atoms with E-state index in [1.807, 2.05) is 6.92 Å². The highest BCUT2D eigenvalue weighted by molar-refractivity contribution is 5.83. The number of nitrogens with zero attached hydrogens (tertiary/aromatic N) is 1. The molecule has 222 valence electrons. The fraction of sp³-hybridized carbons (Fsp3) is 0.548. The normalized spacial score (nSPS) is 29.5. The van der Waals surface area contributed by atoms with Crippen LogP contribution in [0.5, 0.6) is 5.75 Å². The Morgan fingerprint density at radius 3 is 2.32 bits per heavy atom. The monoisotopic (exact) mass is 579 g/mol. The van der Waals surface area contributed by atoms with Gasteiger partial charge in [0.05, 0.1) is 12.5 Å². The predicted octanol–water partition coefficient (Wildman–Crippen LogP) is 6.58. The Morgan fingerprint density at radius 1 is 1.05 bits per heavy atom. The molecule has 0 aromatic heterocycles. The Hall–Kier alpha value is -3.17. The lowest BCUT2D eigenvalue weighted by atomic mass is 9.61. The molecule has 3 aliphatic rings. The van der Waals surface area contributed by atoms with Crippen LogP contribution in [0.25, 0.3) is 0 Å². The van der Waals surface area contributed by atoms with E-state index in [1.54, 1.807) is 17.0 Å². The summed E-state index contributed by atoms with van der Waals surface area (Å²) in [6.45, 7) is 3.23. The van der Waals surface area contributed by atoms with Crippen LogP contribution < -0.4 is 4.74 Å². The van der Waals surface area contributed by atoms with Gasteiger partial charge in [0.25, 0.3) is 0 Å². The van der Waals surface area contributed by atoms with Crippen LogP contribution in [0, 0.1) is 23.1 Å². The van der Waals surface area contributed by atoms with Crippen molar-refractivity contribution in [2.75, 3.05) is 19.7 Å². The summed E-state index contributed by atoms with van der Waals surface area (Å²) < 4.78 is 74.9. The first kappa shape index (κ1) is 29.3. The largest absolute Gasteiger partial charge is 0.493 e. The van der Waals surface area contributed by atoms with Crippen LogP contribution in [0.2, 0.25) is 0 Å². The molecule has 10 heteroatoms. The molecule has 2 aromatic carbocycles. The van der Waals surface area contributed by atoms with E-state index in [0.717, 1.165) is 17.7 Å². The summed E-state index contributed by atoms with van der Waals surface area (Å²) in [5.74, 6) is -1.74. The van der Waals surface area contributed by atoms with E-state index >= 15 is 0 Å². The molecule has 3 atom stereocenters. The molecule has 3 unspecified atom stereocenters. The second-order valence-electron chi connectivity index (χ2n) is 12.4. The van der Waals surface area contributed by atoms with Crippen LogP contribution in [0.1, 0.15) is 62.6 Å². The minimum absolute atomic E-state index is 0.0313. The van der Waals surface area contributed by atoms with Crippen molar-refractivity contribution in [2.24, 2.45) is 17.3 Å². The Balaban J connectivity index is 1.46. The first-order valence-electron chi connectivity index (χ1n) is 14.0. The summed E-state index contributed by atoms with van der Waals surface area (Å²) in [5, 5.41) is 9.36. The Labute approximate surface area is 235 Å². The molecule has 2 aliphatic heterocycles. The number of carboxylic acid groups (broad SMARTS) is 1. The first-order chi connectivity index (χ1) is 19.2. The first-order valence-corrected chi connectivity index (χ1v) is 14.0. The van der Waals surface area contributed by atoms with E-state index in [-0.39, 0.29) is 30.0 Å². The van der Waals surface area contributed by atoms with Crippen LogP contribution in [0.4, 0.5) is 22.0 Å². The third-order valence-corrected chi connectivity index (χ3v) is 9.76. The van der Waals surface area contributed by atoms with Crippen molar-refractivity contribution in [3.63, 3.8) is 0 Å². The number of likely N-dealkylation sites (tertiary alicyclic amines) is 1. The third kappa shape index (κ3) is 5.18. The maximum absolute atomic E-state index is 14.8. The molecule has 1 N–H and O–H groups in total. The maximum Gasteiger partial charge on any atom is 0.426 e. The summed E-state index contributed by atoms with van der Waals surface area (Å²) in [6.07, 6.45) is -2.34. The quantitative estimate of drug-likeness (QED) is 0.407. The van der Waals surface area contributed by atoms with E-state index in [0.29, 0.717) is 64.1 Å². The average molecular weight is 580 g/mol. The summed E-state index contributed by atoms with van der Waals surface area (Å²) in [4.78, 5) is 27.0. The number of hydrogen-bond donors (Lipinski definition) is 1. The number of aliphatic carboxylic acids is 1. The van der Waals surface area contributed by atoms with E-state index in [9.17, 15) is 36.6 Å². The molecule has 5 rings (SSSR count). The second-order valence-corrected chi connectivity index (χ2v) is 12.4. The minimum atomic E-state index is -5.10. The smallest absolute Gasteiger partial charge is 0.426 e. The topological polar surface area (TPSA) is 66.8 Å². The van der Waals surface area contributed by atoms with E-state index in [1.165, 1.54) is 18.2 Å². The standard InChI is InChI=1S/C31H34F5NO4/c1-28(11-9-20(10-12-28)26(38)39)27(40)37-14-13-30(16-19-3-6-23(32)7-4-19)22(17-37)18-41-25-15-21(5-8-24(25)30)29(2,33)31(34,35)36/h3-8,15,20,22H,9-14,16-18H2,1-2H3,(H,38,39)/t20-,22?,28-,29?,30?. The van der Waals surface area contributed by atoms with Crippen LogP contribution in [0.3, 0.4) is 0 Å². The molecule has 0 spiro atoms. The summed E-state index contributed by atoms with van der Waals surface area (Å²) in [7, 11) is 0. The summed E-state index contributed by atoms with van der Waals surface area (Å²) in [6, 6.07) is 9.85. The number of hydrogen-bond acceptors (Lipinski definition) is 3. The van der Waals surface area contributed by atoms with Crippen molar-refractivity contribution in [3.05, 3.63) is 65.0 Å². The Bertz CT molecular complexity index is 1320. The molecule has 1 saturated heterocycles. The van der Waals surface area contributed by atoms with Gasteiger partial charge in [-0.15, -0.1) is 0 Å². The van der Waals surface area contributed by atoms with Gasteiger partial charge in [-0.25, -0.2) is 8.78 Å². The molecule has 1 saturated carbocycles. The van der Waals surface area contributed by atoms with E-state index in [4.69, 9.17) is 4.74 Å². The zero-order chi connectivity index (χ0) is 29.8. The number of alkyl halides is 4. The van der Waals surface area contributed by atoms with Crippen molar-refractivity contribution < 1.29 is 41.4 Å². The Morgan fingerprint density at radius 2 is 1.71 bits per heavy atom. The van der Waals surface area contributed by atoms with Crippen LogP contribution in [0.15, 0.2) is 42.5 Å². The minimum Gasteiger partial charge on any atom is -0.493 e. The molecule has 2 heterocycles. The number of rotatable bonds is 5. The SMILES string of the molecule is CC(F)(c1ccc2c(c1)OCC1CN(C(=O)[C@]3(C)CC[C@@H](C(=O)O)CC3)CCC21Cc1ccc(F)cc1)C(F)(F)F. The van der Waals surface area contributed by atoms with Crippen LogP contribution in [-0.4, -0.2) is 47.8 Å². The maximum atomic E-state index is 14.8. The number of fused-ring (bicyclic) bond motifs is 3. The number of halogens is 5. The van der Waals surface area contributed by atoms with Crippen LogP contribution in [-0.2, 0) is 27.1 Å². The molecule has 2 fully saturated rings. The zero-order valence-corrected chi connectivity index (χ0v) is 23.1. The lowest BCUT2D eigenvalue weighted by Gasteiger charge is -2.52. The van der Waals surface area contributed by atoms with Crippen LogP contribution >= 0.6 is 0 Å². The van der Waals surface area contributed by atoms with Gasteiger partial charge in [-0.3, -0.25) is 9.59 Å². The van der Waals surface area contributed by atoms with Crippen molar-refractivity contribution in [1.82, 2.24) is 4.90 Å². The second kappa shape index (κ2) is 10.3. The lowest BCUT2D eigenvalue weighted by Crippen LogP contribution is -2.58. The molecular formula is C31H34F5NO4. The van der Waals surface area contributed by atoms with Gasteiger partial charge < -0.3 is 14.7 Å². The Kier molecular flexibility index (Phi) is 7.35. The zero-order valence-electron chi connectivity index (χ0n) is 23.1. The molecule has 0 bridgehead atoms. The van der Waals surface area contributed by atoms with Gasteiger partial charge in [0.15, 0.2) is 0 Å². The van der Waals surface area contributed by atoms with Gasteiger partial charge >= 0.3 is 12.1 Å². The molecule has 41 heavy (non-hydrogen) atoms. The number of benzene rings is 2. The fourth-order valence-electron chi connectivity index (χ4n) is 6.91. The number of ether oxygens (including phenoxy) is 1. The molecule has 1 amide bonds. The summed E-state index contributed by atoms with van der Waals surface area (Å²) >= 11 is 0. The van der Waals surface area contributed by atoms with Crippen molar-refractivity contribution >= 4 is 11.9 Å². The van der Waals surface area contributed by atoms with Gasteiger partial charge in [0.2, 0.25) is 11.6 Å². The number of carbonyl (C=O) groups is 2. The van der Waals surface area contributed by atoms with Gasteiger partial charge in [-0.05, 0) is 69.2 Å². The van der Waals surface area contributed by atoms with Gasteiger partial charge in [-0.1, -0.05) is 31.2 Å². The van der Waals surface area contributed by atoms with Gasteiger partial charge in [-0.2, -0.15) is 13.2 Å². The number of carboxylic acids is 1. The molecule has 2 aromatic rings. The van der Waals surface area contributed by atoms with Crippen molar-refractivity contribution in [3.8, 4) is 5.75 Å². The number of carbonyl (C=O) groups excluding carboxylic acids is 1. The highest BCUT2D eigenvalue weighted by Crippen LogP contribution is 2.52. The fourth-order valence-corrected chi connectivity index (χ4v) is 6.91. The van der Waals surface area contributed by atoms with Gasteiger partial charge in [0, 0.05) is 41.0 Å². The number of amides is 1.